The highest BCUT2D eigenvalue weighted by molar-refractivity contribution is 6.33. The Morgan fingerprint density at radius 3 is 2.75 bits per heavy atom. The van der Waals surface area contributed by atoms with Crippen molar-refractivity contribution in [3.63, 3.8) is 0 Å². The van der Waals surface area contributed by atoms with Crippen LogP contribution in [0, 0.1) is 6.92 Å². The van der Waals surface area contributed by atoms with Crippen molar-refractivity contribution in [1.82, 2.24) is 0 Å². The van der Waals surface area contributed by atoms with Gasteiger partial charge in [0.25, 0.3) is 0 Å². The Morgan fingerprint density at radius 1 is 1.31 bits per heavy atom. The van der Waals surface area contributed by atoms with Crippen molar-refractivity contribution in [1.29, 1.82) is 0 Å². The van der Waals surface area contributed by atoms with Gasteiger partial charge in [-0.05, 0) is 37.5 Å². The second-order valence-corrected chi connectivity index (χ2v) is 4.99. The van der Waals surface area contributed by atoms with E-state index in [9.17, 15) is 5.11 Å². The van der Waals surface area contributed by atoms with Gasteiger partial charge >= 0.3 is 0 Å². The molecule has 2 rings (SSSR count). The largest absolute Gasteiger partial charge is 0.391 e. The molecule has 1 aliphatic rings. The molecule has 1 saturated carbocycles. The normalized spacial score (nSPS) is 25.4. The summed E-state index contributed by atoms with van der Waals surface area (Å²) in [5.41, 5.74) is 2.08. The summed E-state index contributed by atoms with van der Waals surface area (Å²) in [7, 11) is 0. The van der Waals surface area contributed by atoms with Crippen molar-refractivity contribution in [3.05, 3.63) is 28.8 Å². The zero-order chi connectivity index (χ0) is 11.5. The molecule has 3 heteroatoms. The molecule has 88 valence electrons. The summed E-state index contributed by atoms with van der Waals surface area (Å²) in [5, 5.41) is 13.9. The van der Waals surface area contributed by atoms with Crippen LogP contribution in [0.5, 0.6) is 0 Å². The van der Waals surface area contributed by atoms with E-state index < -0.39 is 0 Å². The summed E-state index contributed by atoms with van der Waals surface area (Å²) in [4.78, 5) is 0. The van der Waals surface area contributed by atoms with Crippen molar-refractivity contribution in [3.8, 4) is 0 Å². The molecule has 0 aliphatic heterocycles. The Bertz CT molecular complexity index is 367. The highest BCUT2D eigenvalue weighted by Gasteiger charge is 2.23. The Labute approximate surface area is 102 Å². The lowest BCUT2D eigenvalue weighted by Gasteiger charge is -2.29. The number of aliphatic hydroxyl groups is 1. The SMILES string of the molecule is Cc1ccc(N[C@@H]2CCCC[C@H]2O)c(Cl)c1. The zero-order valence-corrected chi connectivity index (χ0v) is 10.3. The molecule has 0 radical (unpaired) electrons. The minimum Gasteiger partial charge on any atom is -0.391 e. The number of anilines is 1. The van der Waals surface area contributed by atoms with Crippen LogP contribution in [-0.4, -0.2) is 17.3 Å². The maximum atomic E-state index is 9.87. The van der Waals surface area contributed by atoms with Gasteiger partial charge in [0.05, 0.1) is 22.9 Å². The first kappa shape index (κ1) is 11.7. The molecule has 0 bridgehead atoms. The molecule has 0 heterocycles. The van der Waals surface area contributed by atoms with Crippen LogP contribution in [0.1, 0.15) is 31.2 Å². The minimum atomic E-state index is -0.244. The third kappa shape index (κ3) is 2.69. The molecule has 0 aromatic heterocycles. The number of nitrogens with one attached hydrogen (secondary N) is 1. The maximum absolute atomic E-state index is 9.87. The van der Waals surface area contributed by atoms with Crippen molar-refractivity contribution >= 4 is 17.3 Å². The summed E-state index contributed by atoms with van der Waals surface area (Å²) in [5.74, 6) is 0. The average Bonchev–Trinajstić information content (AvgIpc) is 2.25. The van der Waals surface area contributed by atoms with Crippen molar-refractivity contribution in [2.45, 2.75) is 44.8 Å². The van der Waals surface area contributed by atoms with E-state index in [1.807, 2.05) is 25.1 Å². The number of benzene rings is 1. The van der Waals surface area contributed by atoms with Crippen molar-refractivity contribution in [2.75, 3.05) is 5.32 Å². The van der Waals surface area contributed by atoms with Gasteiger partial charge in [-0.25, -0.2) is 0 Å². The molecular weight excluding hydrogens is 222 g/mol. The number of hydrogen-bond donors (Lipinski definition) is 2. The molecule has 16 heavy (non-hydrogen) atoms. The van der Waals surface area contributed by atoms with Gasteiger partial charge in [0.15, 0.2) is 0 Å². The fraction of sp³-hybridized carbons (Fsp3) is 0.538. The van der Waals surface area contributed by atoms with Crippen LogP contribution in [0.15, 0.2) is 18.2 Å². The molecule has 2 atom stereocenters. The summed E-state index contributed by atoms with van der Waals surface area (Å²) >= 11 is 6.15. The fourth-order valence-corrected chi connectivity index (χ4v) is 2.51. The summed E-state index contributed by atoms with van der Waals surface area (Å²) in [6.45, 7) is 2.02. The van der Waals surface area contributed by atoms with E-state index in [2.05, 4.69) is 5.32 Å². The highest BCUT2D eigenvalue weighted by Crippen LogP contribution is 2.27. The average molecular weight is 240 g/mol. The Kier molecular flexibility index (Phi) is 3.72. The third-order valence-electron chi connectivity index (χ3n) is 3.19. The monoisotopic (exact) mass is 239 g/mol. The van der Waals surface area contributed by atoms with Gasteiger partial charge in [-0.1, -0.05) is 30.5 Å². The van der Waals surface area contributed by atoms with Crippen molar-refractivity contribution < 1.29 is 5.11 Å². The van der Waals surface area contributed by atoms with Crippen LogP contribution in [-0.2, 0) is 0 Å². The van der Waals surface area contributed by atoms with E-state index in [1.165, 1.54) is 6.42 Å². The fourth-order valence-electron chi connectivity index (χ4n) is 2.22. The number of rotatable bonds is 2. The van der Waals surface area contributed by atoms with E-state index in [4.69, 9.17) is 11.6 Å². The first-order valence-corrected chi connectivity index (χ1v) is 6.25. The molecular formula is C13H18ClNO. The van der Waals surface area contributed by atoms with Crippen LogP contribution in [0.3, 0.4) is 0 Å². The quantitative estimate of drug-likeness (QED) is 0.830. The van der Waals surface area contributed by atoms with Crippen LogP contribution in [0.25, 0.3) is 0 Å². The number of hydrogen-bond acceptors (Lipinski definition) is 2. The van der Waals surface area contributed by atoms with E-state index in [1.54, 1.807) is 0 Å². The highest BCUT2D eigenvalue weighted by atomic mass is 35.5. The van der Waals surface area contributed by atoms with Crippen LogP contribution in [0.4, 0.5) is 5.69 Å². The second-order valence-electron chi connectivity index (χ2n) is 4.59. The molecule has 0 saturated heterocycles. The number of aliphatic hydroxyl groups excluding tert-OH is 1. The van der Waals surface area contributed by atoms with Gasteiger partial charge in [-0.15, -0.1) is 0 Å². The molecule has 1 aliphatic carbocycles. The van der Waals surface area contributed by atoms with Crippen LogP contribution >= 0.6 is 11.6 Å². The van der Waals surface area contributed by atoms with Crippen LogP contribution in [0.2, 0.25) is 5.02 Å². The molecule has 0 unspecified atom stereocenters. The Hall–Kier alpha value is -0.730. The van der Waals surface area contributed by atoms with Gasteiger partial charge in [0.2, 0.25) is 0 Å². The lowest BCUT2D eigenvalue weighted by molar-refractivity contribution is 0.116. The van der Waals surface area contributed by atoms with Crippen LogP contribution < -0.4 is 5.32 Å². The number of halogens is 1. The third-order valence-corrected chi connectivity index (χ3v) is 3.51. The zero-order valence-electron chi connectivity index (χ0n) is 9.54. The van der Waals surface area contributed by atoms with Gasteiger partial charge in [0, 0.05) is 0 Å². The maximum Gasteiger partial charge on any atom is 0.0741 e. The van der Waals surface area contributed by atoms with Gasteiger partial charge in [-0.3, -0.25) is 0 Å². The molecule has 2 nitrogen and oxygen atoms in total. The predicted octanol–water partition coefficient (Wildman–Crippen LogP) is 3.36. The summed E-state index contributed by atoms with van der Waals surface area (Å²) < 4.78 is 0. The molecule has 2 N–H and O–H groups in total. The van der Waals surface area contributed by atoms with Gasteiger partial charge < -0.3 is 10.4 Å². The van der Waals surface area contributed by atoms with E-state index in [0.717, 1.165) is 35.5 Å². The lowest BCUT2D eigenvalue weighted by atomic mass is 9.92. The predicted molar refractivity (Wildman–Crippen MR) is 68.1 cm³/mol. The molecule has 1 aromatic carbocycles. The molecule has 1 aromatic rings. The summed E-state index contributed by atoms with van der Waals surface area (Å²) in [6, 6.07) is 6.11. The Balaban J connectivity index is 2.07. The standard InChI is InChI=1S/C13H18ClNO/c1-9-6-7-11(10(14)8-9)15-12-4-2-3-5-13(12)16/h6-8,12-13,15-16H,2-5H2,1H3/t12-,13-/m1/s1. The van der Waals surface area contributed by atoms with E-state index in [-0.39, 0.29) is 12.1 Å². The van der Waals surface area contributed by atoms with E-state index >= 15 is 0 Å². The molecule has 0 spiro atoms. The molecule has 1 fully saturated rings. The first-order chi connectivity index (χ1) is 7.66. The van der Waals surface area contributed by atoms with Gasteiger partial charge in [0.1, 0.15) is 0 Å². The van der Waals surface area contributed by atoms with Crippen molar-refractivity contribution in [2.24, 2.45) is 0 Å². The van der Waals surface area contributed by atoms with E-state index in [0.29, 0.717) is 0 Å². The first-order valence-electron chi connectivity index (χ1n) is 5.87. The second kappa shape index (κ2) is 5.07. The lowest BCUT2D eigenvalue weighted by Crippen LogP contribution is -2.36. The smallest absolute Gasteiger partial charge is 0.0741 e. The topological polar surface area (TPSA) is 32.3 Å². The Morgan fingerprint density at radius 2 is 2.06 bits per heavy atom. The minimum absolute atomic E-state index is 0.147. The van der Waals surface area contributed by atoms with Gasteiger partial charge in [-0.2, -0.15) is 0 Å². The number of aryl methyl sites for hydroxylation is 1. The summed E-state index contributed by atoms with van der Waals surface area (Å²) in [6.07, 6.45) is 3.97. The molecule has 0 amide bonds.